The molecule has 2 saturated carbocycles. The van der Waals surface area contributed by atoms with E-state index in [1.165, 1.54) is 66.8 Å². The van der Waals surface area contributed by atoms with Gasteiger partial charge >= 0.3 is 6.18 Å². The van der Waals surface area contributed by atoms with Crippen molar-refractivity contribution in [2.24, 2.45) is 17.3 Å². The zero-order valence-electron chi connectivity index (χ0n) is 64.7. The molecule has 0 aromatic heterocycles. The predicted octanol–water partition coefficient (Wildman–Crippen LogP) is 6.04. The average molecular weight is 1530 g/mol. The molecular formula is C79H109F5N12O13. The SMILES string of the molecule is CCO[C@@H]1C[C@H]2C(=O)NC3(CC(C)(C)C3)C(=O)N(C)[C@@H](C3CCCC3)C(=O)N(C)[C@H](C(=O)N3CCCC3)CC(=O)N(C)[C@H]3CCCC=Cc4ccc(cc4)C[C@@H](C(=O)N(C)CC(=O)N[C@@H](CCc4cc(F)c(C(F)(F)F)c(F)c4)C(=O)N2C1)N1CC/C=C\C[C@@H](C1=O)N(C)C(=O)CN(C)C(=O)[C@H]([C@@H](C)CC)NC3=O. The molecule has 2 saturated heterocycles. The maximum atomic E-state index is 15.9. The van der Waals surface area contributed by atoms with Crippen molar-refractivity contribution in [1.82, 2.24) is 60.0 Å². The Morgan fingerprint density at radius 3 is 1.91 bits per heavy atom. The molecule has 2 aliphatic carbocycles. The maximum absolute atomic E-state index is 15.9. The second-order valence-electron chi connectivity index (χ2n) is 31.7. The van der Waals surface area contributed by atoms with Crippen LogP contribution in [0.25, 0.3) is 6.08 Å². The van der Waals surface area contributed by atoms with Gasteiger partial charge in [0.1, 0.15) is 71.1 Å². The van der Waals surface area contributed by atoms with Crippen LogP contribution in [0.4, 0.5) is 22.0 Å². The summed E-state index contributed by atoms with van der Waals surface area (Å²) in [6.07, 6.45) is 4.05. The van der Waals surface area contributed by atoms with Crippen LogP contribution in [0.1, 0.15) is 166 Å². The van der Waals surface area contributed by atoms with Gasteiger partial charge in [-0.15, -0.1) is 0 Å². The average Bonchev–Trinajstić information content (AvgIpc) is 1.20. The number of nitrogens with zero attached hydrogens (tertiary/aromatic N) is 9. The number of allylic oxidation sites excluding steroid dienone is 1. The molecule has 2 aromatic carbocycles. The van der Waals surface area contributed by atoms with Gasteiger partial charge in [0, 0.05) is 87.9 Å². The number of amides is 12. The fraction of sp³-hybridized carbons (Fsp3) is 0.646. The summed E-state index contributed by atoms with van der Waals surface area (Å²) in [4.78, 5) is 195. The summed E-state index contributed by atoms with van der Waals surface area (Å²) < 4.78 is 78.4. The number of likely N-dealkylation sites (tertiary alicyclic amines) is 1. The number of benzene rings is 2. The molecule has 9 aliphatic rings. The van der Waals surface area contributed by atoms with Gasteiger partial charge in [0.25, 0.3) is 0 Å². The Balaban J connectivity index is 1.18. The molecule has 25 nitrogen and oxygen atoms in total. The molecule has 0 radical (unpaired) electrons. The minimum absolute atomic E-state index is 0.0319. The molecule has 3 N–H and O–H groups in total. The summed E-state index contributed by atoms with van der Waals surface area (Å²) in [5.74, 6) is -13.7. The fourth-order valence-corrected chi connectivity index (χ4v) is 17.0. The van der Waals surface area contributed by atoms with Crippen LogP contribution in [-0.4, -0.2) is 263 Å². The molecule has 598 valence electrons. The number of hydrogen-bond acceptors (Lipinski definition) is 13. The molecule has 0 unspecified atom stereocenters. The second-order valence-corrected chi connectivity index (χ2v) is 31.7. The van der Waals surface area contributed by atoms with Crippen LogP contribution in [0, 0.1) is 28.9 Å². The number of rotatable bonds is 9. The van der Waals surface area contributed by atoms with Crippen LogP contribution in [0.15, 0.2) is 54.6 Å². The Morgan fingerprint density at radius 1 is 0.642 bits per heavy atom. The number of aryl methyl sites for hydroxylation is 1. The van der Waals surface area contributed by atoms with E-state index in [9.17, 15) is 27.6 Å². The minimum Gasteiger partial charge on any atom is -0.377 e. The van der Waals surface area contributed by atoms with Crippen LogP contribution in [0.3, 0.4) is 0 Å². The quantitative estimate of drug-likeness (QED) is 0.147. The third kappa shape index (κ3) is 19.7. The molecule has 2 aromatic rings. The Kier molecular flexibility index (Phi) is 27.7. The first-order valence-electron chi connectivity index (χ1n) is 38.4. The highest BCUT2D eigenvalue weighted by Crippen LogP contribution is 2.50. The van der Waals surface area contributed by atoms with Crippen molar-refractivity contribution in [2.75, 3.05) is 88.2 Å². The molecule has 10 atom stereocenters. The number of carbonyl (C=O) groups excluding carboxylic acids is 12. The maximum Gasteiger partial charge on any atom is 0.422 e. The standard InChI is InChI=1S/C79H109F5N12O13/c1-12-48(3)66-74(106)89(7)45-64(99)91(9)58-28-18-15-21-37-95(73(58)105)61-40-50-31-29-49(30-32-50)24-16-14-17-27-57(68(100)86-66)90(8)63(98)42-60(72(104)94-35-22-23-36-94)92(10)75(107)67(52-25-19-20-26-52)93(11)76(108)78(46-77(4,5)47-78)87-69(101)59-41-53(109-13-2)43-96(59)70(102)56(85-62(97)44-88(6)71(61)103)34-33-51-38-54(80)65(55(81)39-51)79(82,83)84/h15-16,18,24,29-32,38-39,48,52-53,56-61,66-67H,12-14,17,19-23,25-28,33-37,40-47H2,1-11H3,(H,85,97)(H,86,100)(H,87,101)/b18-15-,24-16?/t48-,53+,56-,57-,58-,59-,60-,61-,66-,67-/m0/s1. The molecule has 1 spiro atoms. The van der Waals surface area contributed by atoms with Crippen molar-refractivity contribution in [3.05, 3.63) is 88.5 Å². The summed E-state index contributed by atoms with van der Waals surface area (Å²) in [6, 6.07) is -3.07. The van der Waals surface area contributed by atoms with E-state index >= 15 is 51.9 Å². The van der Waals surface area contributed by atoms with Gasteiger partial charge in [-0.2, -0.15) is 13.2 Å². The van der Waals surface area contributed by atoms with Gasteiger partial charge in [-0.3, -0.25) is 57.5 Å². The first-order chi connectivity index (χ1) is 51.5. The van der Waals surface area contributed by atoms with E-state index in [0.717, 1.165) is 14.7 Å². The number of halogens is 5. The number of ether oxygens (including phenoxy) is 1. The summed E-state index contributed by atoms with van der Waals surface area (Å²) in [5, 5.41) is 8.61. The Labute approximate surface area is 635 Å². The Morgan fingerprint density at radius 2 is 1.28 bits per heavy atom. The fourth-order valence-electron chi connectivity index (χ4n) is 17.0. The number of nitrogens with one attached hydrogen (secondary N) is 3. The van der Waals surface area contributed by atoms with Crippen LogP contribution < -0.4 is 16.0 Å². The number of hydrogen-bond donors (Lipinski definition) is 3. The largest absolute Gasteiger partial charge is 0.422 e. The molecule has 11 rings (SSSR count). The van der Waals surface area contributed by atoms with Crippen LogP contribution >= 0.6 is 0 Å². The van der Waals surface area contributed by atoms with Crippen molar-refractivity contribution >= 4 is 77.0 Å². The summed E-state index contributed by atoms with van der Waals surface area (Å²) in [7, 11) is 8.37. The van der Waals surface area contributed by atoms with E-state index in [1.807, 2.05) is 32.9 Å². The lowest BCUT2D eigenvalue weighted by Crippen LogP contribution is -2.71. The third-order valence-corrected chi connectivity index (χ3v) is 23.2. The lowest BCUT2D eigenvalue weighted by atomic mass is 9.58. The van der Waals surface area contributed by atoms with Crippen molar-refractivity contribution in [3.8, 4) is 0 Å². The topological polar surface area (TPSA) is 279 Å². The van der Waals surface area contributed by atoms with Gasteiger partial charge in [0.15, 0.2) is 0 Å². The highest BCUT2D eigenvalue weighted by molar-refractivity contribution is 6.01. The van der Waals surface area contributed by atoms with Gasteiger partial charge in [0.05, 0.1) is 25.6 Å². The molecule has 7 aliphatic heterocycles. The molecular weight excluding hydrogens is 1420 g/mol. The zero-order chi connectivity index (χ0) is 79.7. The van der Waals surface area contributed by atoms with Crippen molar-refractivity contribution in [1.29, 1.82) is 0 Å². The molecule has 6 bridgehead atoms. The van der Waals surface area contributed by atoms with E-state index in [-0.39, 0.29) is 70.2 Å². The molecule has 12 amide bonds. The van der Waals surface area contributed by atoms with Gasteiger partial charge in [-0.05, 0) is 136 Å². The molecule has 109 heavy (non-hydrogen) atoms. The molecule has 30 heteroatoms. The smallest absolute Gasteiger partial charge is 0.377 e. The number of alkyl halides is 3. The van der Waals surface area contributed by atoms with Crippen molar-refractivity contribution in [2.45, 2.75) is 223 Å². The van der Waals surface area contributed by atoms with Gasteiger partial charge < -0.3 is 64.8 Å². The highest BCUT2D eigenvalue weighted by Gasteiger charge is 2.59. The Bertz CT molecular complexity index is 3760. The van der Waals surface area contributed by atoms with Crippen molar-refractivity contribution < 1.29 is 84.2 Å². The lowest BCUT2D eigenvalue weighted by Gasteiger charge is -2.54. The van der Waals surface area contributed by atoms with Gasteiger partial charge in [-0.25, -0.2) is 8.78 Å². The summed E-state index contributed by atoms with van der Waals surface area (Å²) >= 11 is 0. The van der Waals surface area contributed by atoms with Crippen LogP contribution in [0.5, 0.6) is 0 Å². The summed E-state index contributed by atoms with van der Waals surface area (Å²) in [6.45, 7) is 8.05. The monoisotopic (exact) mass is 1530 g/mol. The third-order valence-electron chi connectivity index (χ3n) is 23.2. The Hall–Kier alpha value is -8.83. The van der Waals surface area contributed by atoms with Crippen LogP contribution in [0.2, 0.25) is 0 Å². The number of fused-ring (bicyclic) bond motifs is 22. The number of likely N-dealkylation sites (N-methyl/N-ethyl adjacent to an activating group) is 6. The predicted molar refractivity (Wildman–Crippen MR) is 393 cm³/mol. The van der Waals surface area contributed by atoms with E-state index < -0.39 is 204 Å². The highest BCUT2D eigenvalue weighted by atomic mass is 19.4. The zero-order valence-corrected chi connectivity index (χ0v) is 64.7. The first-order valence-corrected chi connectivity index (χ1v) is 38.4. The van der Waals surface area contributed by atoms with Gasteiger partial charge in [0.2, 0.25) is 70.9 Å². The lowest BCUT2D eigenvalue weighted by molar-refractivity contribution is -0.161. The van der Waals surface area contributed by atoms with Crippen molar-refractivity contribution in [3.63, 3.8) is 0 Å². The molecule has 4 fully saturated rings. The van der Waals surface area contributed by atoms with Gasteiger partial charge in [-0.1, -0.05) is 95.5 Å². The second kappa shape index (κ2) is 35.9. The van der Waals surface area contributed by atoms with E-state index in [4.69, 9.17) is 4.74 Å². The van der Waals surface area contributed by atoms with E-state index in [0.29, 0.717) is 94.1 Å². The molecule has 7 heterocycles. The minimum atomic E-state index is -5.42. The van der Waals surface area contributed by atoms with E-state index in [2.05, 4.69) is 16.0 Å². The normalized spacial score (nSPS) is 27.7. The van der Waals surface area contributed by atoms with E-state index in [1.54, 1.807) is 55.2 Å². The van der Waals surface area contributed by atoms with Crippen LogP contribution in [-0.2, 0) is 81.3 Å². The first kappa shape index (κ1) is 84.2. The summed E-state index contributed by atoms with van der Waals surface area (Å²) in [5.41, 5.74) is -3.53. The number of carbonyl (C=O) groups is 12.